The van der Waals surface area contributed by atoms with Crippen LogP contribution in [0.25, 0.3) is 17.2 Å². The van der Waals surface area contributed by atoms with Crippen molar-refractivity contribution in [1.82, 2.24) is 5.32 Å². The van der Waals surface area contributed by atoms with E-state index in [2.05, 4.69) is 17.4 Å². The van der Waals surface area contributed by atoms with Gasteiger partial charge in [-0.1, -0.05) is 60.7 Å². The number of benzene rings is 3. The van der Waals surface area contributed by atoms with E-state index in [-0.39, 0.29) is 30.9 Å². The SMILES string of the molecule is O=Cc1c(F)ccc(C=CCNC(=O)OCC2c3ccccc3-c3ccccc32)c1F. The van der Waals surface area contributed by atoms with Crippen LogP contribution >= 0.6 is 0 Å². The van der Waals surface area contributed by atoms with Crippen molar-refractivity contribution < 1.29 is 23.1 Å². The zero-order valence-corrected chi connectivity index (χ0v) is 16.5. The van der Waals surface area contributed by atoms with E-state index in [4.69, 9.17) is 4.74 Å². The highest BCUT2D eigenvalue weighted by atomic mass is 19.1. The van der Waals surface area contributed by atoms with Gasteiger partial charge in [0, 0.05) is 18.0 Å². The lowest BCUT2D eigenvalue weighted by atomic mass is 9.98. The second-order valence-corrected chi connectivity index (χ2v) is 7.09. The van der Waals surface area contributed by atoms with Crippen molar-refractivity contribution in [2.45, 2.75) is 5.92 Å². The Morgan fingerprint density at radius 2 is 1.61 bits per heavy atom. The van der Waals surface area contributed by atoms with Gasteiger partial charge >= 0.3 is 6.09 Å². The Bertz CT molecular complexity index is 1130. The van der Waals surface area contributed by atoms with Crippen LogP contribution in [-0.4, -0.2) is 25.5 Å². The first kappa shape index (κ1) is 20.5. The number of alkyl carbamates (subject to hydrolysis) is 1. The Hall–Kier alpha value is -3.80. The minimum Gasteiger partial charge on any atom is -0.449 e. The molecule has 4 nitrogen and oxygen atoms in total. The van der Waals surface area contributed by atoms with Crippen molar-refractivity contribution in [2.75, 3.05) is 13.2 Å². The first-order valence-corrected chi connectivity index (χ1v) is 9.78. The molecule has 1 aliphatic carbocycles. The normalized spacial score (nSPS) is 12.5. The summed E-state index contributed by atoms with van der Waals surface area (Å²) >= 11 is 0. The molecule has 3 aromatic rings. The molecule has 156 valence electrons. The molecule has 3 aromatic carbocycles. The maximum atomic E-state index is 14.0. The zero-order valence-electron chi connectivity index (χ0n) is 16.5. The number of amides is 1. The van der Waals surface area contributed by atoms with Gasteiger partial charge in [-0.05, 0) is 34.4 Å². The van der Waals surface area contributed by atoms with Gasteiger partial charge in [0.1, 0.15) is 18.2 Å². The van der Waals surface area contributed by atoms with Crippen LogP contribution in [0, 0.1) is 11.6 Å². The van der Waals surface area contributed by atoms with E-state index in [0.717, 1.165) is 28.3 Å². The van der Waals surface area contributed by atoms with E-state index in [9.17, 15) is 18.4 Å². The monoisotopic (exact) mass is 419 g/mol. The molecule has 0 saturated carbocycles. The van der Waals surface area contributed by atoms with Crippen LogP contribution in [0.15, 0.2) is 66.7 Å². The smallest absolute Gasteiger partial charge is 0.407 e. The first-order chi connectivity index (χ1) is 15.1. The summed E-state index contributed by atoms with van der Waals surface area (Å²) in [5, 5.41) is 2.57. The standard InChI is InChI=1S/C25H19F2NO3/c26-23-12-11-16(24(27)21(23)14-29)6-5-13-28-25(30)31-15-22-19-9-3-1-7-17(19)18-8-2-4-10-20(18)22/h1-12,14,22H,13,15H2,(H,28,30). The Kier molecular flexibility index (Phi) is 5.89. The van der Waals surface area contributed by atoms with E-state index < -0.39 is 23.3 Å². The van der Waals surface area contributed by atoms with Gasteiger partial charge in [-0.25, -0.2) is 13.6 Å². The van der Waals surface area contributed by atoms with E-state index in [1.165, 1.54) is 18.2 Å². The number of hydrogen-bond acceptors (Lipinski definition) is 3. The molecular formula is C25H19F2NO3. The molecule has 31 heavy (non-hydrogen) atoms. The van der Waals surface area contributed by atoms with Gasteiger partial charge in [0.15, 0.2) is 6.29 Å². The highest BCUT2D eigenvalue weighted by Crippen LogP contribution is 2.44. The lowest BCUT2D eigenvalue weighted by Gasteiger charge is -2.14. The van der Waals surface area contributed by atoms with Gasteiger partial charge in [-0.3, -0.25) is 4.79 Å². The summed E-state index contributed by atoms with van der Waals surface area (Å²) in [5.41, 5.74) is 3.96. The van der Waals surface area contributed by atoms with E-state index in [1.807, 2.05) is 36.4 Å². The highest BCUT2D eigenvalue weighted by Gasteiger charge is 2.28. The zero-order chi connectivity index (χ0) is 21.8. The maximum absolute atomic E-state index is 14.0. The second-order valence-electron chi connectivity index (χ2n) is 7.09. The maximum Gasteiger partial charge on any atom is 0.407 e. The van der Waals surface area contributed by atoms with Crippen LogP contribution in [-0.2, 0) is 4.74 Å². The van der Waals surface area contributed by atoms with Crippen molar-refractivity contribution in [1.29, 1.82) is 0 Å². The summed E-state index contributed by atoms with van der Waals surface area (Å²) in [4.78, 5) is 22.9. The molecule has 0 heterocycles. The Morgan fingerprint density at radius 3 is 2.26 bits per heavy atom. The van der Waals surface area contributed by atoms with Crippen molar-refractivity contribution in [3.63, 3.8) is 0 Å². The molecule has 6 heteroatoms. The predicted octanol–water partition coefficient (Wildman–Crippen LogP) is 5.33. The number of halogens is 2. The van der Waals surface area contributed by atoms with E-state index in [0.29, 0.717) is 0 Å². The fourth-order valence-electron chi connectivity index (χ4n) is 3.80. The fraction of sp³-hybridized carbons (Fsp3) is 0.120. The predicted molar refractivity (Wildman–Crippen MR) is 114 cm³/mol. The number of aldehydes is 1. The van der Waals surface area contributed by atoms with Crippen LogP contribution in [0.2, 0.25) is 0 Å². The molecule has 0 atom stereocenters. The molecule has 0 bridgehead atoms. The molecule has 1 amide bonds. The number of rotatable bonds is 6. The largest absolute Gasteiger partial charge is 0.449 e. The topological polar surface area (TPSA) is 55.4 Å². The lowest BCUT2D eigenvalue weighted by molar-refractivity contribution is 0.111. The number of carbonyl (C=O) groups excluding carboxylic acids is 2. The summed E-state index contributed by atoms with van der Waals surface area (Å²) in [5.74, 6) is -1.89. The summed E-state index contributed by atoms with van der Waals surface area (Å²) in [6.45, 7) is 0.281. The van der Waals surface area contributed by atoms with Gasteiger partial charge in [0.05, 0.1) is 5.56 Å². The number of hydrogen-bond donors (Lipinski definition) is 1. The quantitative estimate of drug-likeness (QED) is 0.550. The van der Waals surface area contributed by atoms with Crippen LogP contribution in [0.5, 0.6) is 0 Å². The molecule has 0 unspecified atom stereocenters. The molecule has 0 aliphatic heterocycles. The minimum absolute atomic E-state index is 0.0382. The van der Waals surface area contributed by atoms with Crippen molar-refractivity contribution in [3.8, 4) is 11.1 Å². The van der Waals surface area contributed by atoms with Crippen LogP contribution in [0.1, 0.15) is 33.0 Å². The third-order valence-electron chi connectivity index (χ3n) is 5.28. The lowest BCUT2D eigenvalue weighted by Crippen LogP contribution is -2.26. The first-order valence-electron chi connectivity index (χ1n) is 9.78. The average molecular weight is 419 g/mol. The Labute approximate surface area is 178 Å². The minimum atomic E-state index is -0.938. The molecule has 0 spiro atoms. The summed E-state index contributed by atoms with van der Waals surface area (Å²) in [6, 6.07) is 18.3. The summed E-state index contributed by atoms with van der Waals surface area (Å²) in [7, 11) is 0. The van der Waals surface area contributed by atoms with E-state index in [1.54, 1.807) is 0 Å². The molecule has 1 aliphatic rings. The Balaban J connectivity index is 1.35. The van der Waals surface area contributed by atoms with Crippen molar-refractivity contribution in [3.05, 3.63) is 101 Å². The third-order valence-corrected chi connectivity index (χ3v) is 5.28. The number of ether oxygens (including phenoxy) is 1. The molecule has 0 saturated heterocycles. The second kappa shape index (κ2) is 8.92. The molecule has 1 N–H and O–H groups in total. The molecule has 0 aromatic heterocycles. The van der Waals surface area contributed by atoms with Crippen molar-refractivity contribution >= 4 is 18.5 Å². The highest BCUT2D eigenvalue weighted by molar-refractivity contribution is 5.79. The van der Waals surface area contributed by atoms with Gasteiger partial charge in [-0.2, -0.15) is 0 Å². The summed E-state index contributed by atoms with van der Waals surface area (Å²) in [6.07, 6.45) is 2.40. The van der Waals surface area contributed by atoms with Crippen molar-refractivity contribution in [2.24, 2.45) is 0 Å². The van der Waals surface area contributed by atoms with Crippen LogP contribution in [0.3, 0.4) is 0 Å². The number of fused-ring (bicyclic) bond motifs is 3. The van der Waals surface area contributed by atoms with Gasteiger partial charge in [-0.15, -0.1) is 0 Å². The van der Waals surface area contributed by atoms with E-state index >= 15 is 0 Å². The molecule has 0 radical (unpaired) electrons. The third kappa shape index (κ3) is 4.10. The Morgan fingerprint density at radius 1 is 0.968 bits per heavy atom. The summed E-state index contributed by atoms with van der Waals surface area (Å²) < 4.78 is 32.8. The van der Waals surface area contributed by atoms with Crippen LogP contribution < -0.4 is 5.32 Å². The van der Waals surface area contributed by atoms with Crippen LogP contribution in [0.4, 0.5) is 13.6 Å². The molecule has 4 rings (SSSR count). The number of carbonyl (C=O) groups is 2. The molecule has 0 fully saturated rings. The average Bonchev–Trinajstić information content (AvgIpc) is 3.11. The fourth-order valence-corrected chi connectivity index (χ4v) is 3.80. The van der Waals surface area contributed by atoms with Gasteiger partial charge in [0.25, 0.3) is 0 Å². The molecular weight excluding hydrogens is 400 g/mol. The van der Waals surface area contributed by atoms with Gasteiger partial charge < -0.3 is 10.1 Å². The number of nitrogens with one attached hydrogen (secondary N) is 1. The van der Waals surface area contributed by atoms with Gasteiger partial charge in [0.2, 0.25) is 0 Å².